The molecule has 1 heterocycles. The Morgan fingerprint density at radius 1 is 1.21 bits per heavy atom. The first-order chi connectivity index (χ1) is 9.08. The van der Waals surface area contributed by atoms with Crippen molar-refractivity contribution < 1.29 is 13.6 Å². The van der Waals surface area contributed by atoms with Crippen LogP contribution in [0.2, 0.25) is 5.02 Å². The predicted octanol–water partition coefficient (Wildman–Crippen LogP) is 3.99. The summed E-state index contributed by atoms with van der Waals surface area (Å²) in [6.45, 7) is 0. The number of Topliss-reactive ketones (excluding diaryl/α,β-unsaturated/α-hetero) is 1. The monoisotopic (exact) mass is 299 g/mol. The van der Waals surface area contributed by atoms with Gasteiger partial charge in [-0.15, -0.1) is 0 Å². The first kappa shape index (κ1) is 14.0. The minimum Gasteiger partial charge on any atom is -0.293 e. The number of rotatable bonds is 4. The molecule has 0 aliphatic rings. The van der Waals surface area contributed by atoms with Crippen LogP contribution in [0.25, 0.3) is 0 Å². The van der Waals surface area contributed by atoms with Crippen LogP contribution in [0.15, 0.2) is 41.6 Å². The average Bonchev–Trinajstić information content (AvgIpc) is 2.38. The number of halogens is 3. The highest BCUT2D eigenvalue weighted by molar-refractivity contribution is 7.99. The molecule has 0 aliphatic heterocycles. The Balaban J connectivity index is 2.07. The summed E-state index contributed by atoms with van der Waals surface area (Å²) in [4.78, 5) is 15.8. The van der Waals surface area contributed by atoms with Gasteiger partial charge < -0.3 is 0 Å². The predicted molar refractivity (Wildman–Crippen MR) is 70.7 cm³/mol. The van der Waals surface area contributed by atoms with E-state index in [1.807, 2.05) is 0 Å². The van der Waals surface area contributed by atoms with Gasteiger partial charge in [0, 0.05) is 6.20 Å². The SMILES string of the molecule is O=C(CSc1ccc(Cl)cn1)c1c(F)cccc1F. The first-order valence-electron chi connectivity index (χ1n) is 5.29. The summed E-state index contributed by atoms with van der Waals surface area (Å²) >= 11 is 6.77. The summed E-state index contributed by atoms with van der Waals surface area (Å²) < 4.78 is 26.8. The normalized spacial score (nSPS) is 10.5. The molecule has 19 heavy (non-hydrogen) atoms. The maximum absolute atomic E-state index is 13.4. The van der Waals surface area contributed by atoms with Crippen molar-refractivity contribution in [3.05, 3.63) is 58.7 Å². The second-order valence-electron chi connectivity index (χ2n) is 3.62. The number of hydrogen-bond acceptors (Lipinski definition) is 3. The van der Waals surface area contributed by atoms with Gasteiger partial charge in [-0.1, -0.05) is 29.4 Å². The zero-order valence-electron chi connectivity index (χ0n) is 9.57. The smallest absolute Gasteiger partial charge is 0.179 e. The standard InChI is InChI=1S/C13H8ClF2NOS/c14-8-4-5-12(17-6-8)19-7-11(18)13-9(15)2-1-3-10(13)16/h1-6H,7H2. The van der Waals surface area contributed by atoms with E-state index in [-0.39, 0.29) is 5.75 Å². The highest BCUT2D eigenvalue weighted by Crippen LogP contribution is 2.20. The fourth-order valence-corrected chi connectivity index (χ4v) is 2.25. The second-order valence-corrected chi connectivity index (χ2v) is 5.06. The molecule has 98 valence electrons. The maximum atomic E-state index is 13.4. The van der Waals surface area contributed by atoms with Gasteiger partial charge in [0.15, 0.2) is 5.78 Å². The van der Waals surface area contributed by atoms with Gasteiger partial charge in [0.1, 0.15) is 11.6 Å². The zero-order valence-corrected chi connectivity index (χ0v) is 11.1. The van der Waals surface area contributed by atoms with Crippen LogP contribution in [0.4, 0.5) is 8.78 Å². The van der Waals surface area contributed by atoms with E-state index < -0.39 is 23.0 Å². The molecule has 2 nitrogen and oxygen atoms in total. The van der Waals surface area contributed by atoms with Gasteiger partial charge in [-0.05, 0) is 24.3 Å². The van der Waals surface area contributed by atoms with Crippen molar-refractivity contribution >= 4 is 29.1 Å². The summed E-state index contributed by atoms with van der Waals surface area (Å²) in [6, 6.07) is 6.60. The Morgan fingerprint density at radius 3 is 2.47 bits per heavy atom. The zero-order chi connectivity index (χ0) is 13.8. The van der Waals surface area contributed by atoms with Crippen LogP contribution < -0.4 is 0 Å². The second kappa shape index (κ2) is 6.12. The largest absolute Gasteiger partial charge is 0.293 e. The van der Waals surface area contributed by atoms with Crippen LogP contribution in [0.5, 0.6) is 0 Å². The van der Waals surface area contributed by atoms with Crippen molar-refractivity contribution in [2.24, 2.45) is 0 Å². The van der Waals surface area contributed by atoms with Crippen molar-refractivity contribution in [1.29, 1.82) is 0 Å². The minimum absolute atomic E-state index is 0.0908. The summed E-state index contributed by atoms with van der Waals surface area (Å²) in [5.41, 5.74) is -0.510. The van der Waals surface area contributed by atoms with E-state index in [1.165, 1.54) is 12.3 Å². The van der Waals surface area contributed by atoms with Gasteiger partial charge in [0.05, 0.1) is 21.4 Å². The summed E-state index contributed by atoms with van der Waals surface area (Å²) in [5.74, 6) is -2.41. The third kappa shape index (κ3) is 3.52. The molecule has 0 aliphatic carbocycles. The van der Waals surface area contributed by atoms with Crippen LogP contribution in [-0.4, -0.2) is 16.5 Å². The van der Waals surface area contributed by atoms with E-state index in [0.29, 0.717) is 10.0 Å². The number of hydrogen-bond donors (Lipinski definition) is 0. The molecule has 1 aromatic heterocycles. The molecule has 0 amide bonds. The molecule has 2 rings (SSSR count). The minimum atomic E-state index is -0.852. The average molecular weight is 300 g/mol. The van der Waals surface area contributed by atoms with Crippen molar-refractivity contribution in [1.82, 2.24) is 4.98 Å². The molecule has 6 heteroatoms. The van der Waals surface area contributed by atoms with E-state index in [2.05, 4.69) is 4.98 Å². The Hall–Kier alpha value is -1.46. The van der Waals surface area contributed by atoms with Crippen LogP contribution in [-0.2, 0) is 0 Å². The third-order valence-electron chi connectivity index (χ3n) is 2.29. The Bertz CT molecular complexity index is 584. The number of carbonyl (C=O) groups is 1. The van der Waals surface area contributed by atoms with Crippen LogP contribution >= 0.6 is 23.4 Å². The molecule has 0 atom stereocenters. The Kier molecular flexibility index (Phi) is 4.50. The van der Waals surface area contributed by atoms with Crippen molar-refractivity contribution in [3.63, 3.8) is 0 Å². The lowest BCUT2D eigenvalue weighted by atomic mass is 10.1. The van der Waals surface area contributed by atoms with Gasteiger partial charge in [-0.3, -0.25) is 4.79 Å². The lowest BCUT2D eigenvalue weighted by Crippen LogP contribution is -2.08. The van der Waals surface area contributed by atoms with Gasteiger partial charge in [-0.2, -0.15) is 0 Å². The molecular weight excluding hydrogens is 292 g/mol. The summed E-state index contributed by atoms with van der Waals surface area (Å²) in [7, 11) is 0. The topological polar surface area (TPSA) is 30.0 Å². The molecule has 0 saturated heterocycles. The Morgan fingerprint density at radius 2 is 1.89 bits per heavy atom. The van der Waals surface area contributed by atoms with E-state index in [1.54, 1.807) is 12.1 Å². The van der Waals surface area contributed by atoms with Gasteiger partial charge in [0.2, 0.25) is 0 Å². The number of carbonyl (C=O) groups excluding carboxylic acids is 1. The lowest BCUT2D eigenvalue weighted by Gasteiger charge is -2.03. The van der Waals surface area contributed by atoms with E-state index in [4.69, 9.17) is 11.6 Å². The number of ketones is 1. The maximum Gasteiger partial charge on any atom is 0.179 e. The molecule has 0 unspecified atom stereocenters. The highest BCUT2D eigenvalue weighted by Gasteiger charge is 2.17. The molecule has 0 N–H and O–H groups in total. The molecule has 0 spiro atoms. The summed E-state index contributed by atoms with van der Waals surface area (Å²) in [6.07, 6.45) is 1.44. The number of benzene rings is 1. The van der Waals surface area contributed by atoms with Crippen LogP contribution in [0.1, 0.15) is 10.4 Å². The van der Waals surface area contributed by atoms with E-state index in [0.717, 1.165) is 23.9 Å². The first-order valence-corrected chi connectivity index (χ1v) is 6.66. The quantitative estimate of drug-likeness (QED) is 0.631. The van der Waals surface area contributed by atoms with Crippen molar-refractivity contribution in [2.45, 2.75) is 5.03 Å². The number of pyridine rings is 1. The van der Waals surface area contributed by atoms with Gasteiger partial charge >= 0.3 is 0 Å². The highest BCUT2D eigenvalue weighted by atomic mass is 35.5. The molecule has 1 aromatic carbocycles. The van der Waals surface area contributed by atoms with Gasteiger partial charge in [-0.25, -0.2) is 13.8 Å². The van der Waals surface area contributed by atoms with Crippen molar-refractivity contribution in [2.75, 3.05) is 5.75 Å². The fourth-order valence-electron chi connectivity index (χ4n) is 1.42. The summed E-state index contributed by atoms with van der Waals surface area (Å²) in [5, 5.41) is 1.05. The van der Waals surface area contributed by atoms with E-state index in [9.17, 15) is 13.6 Å². The molecule has 0 saturated carbocycles. The molecule has 0 fully saturated rings. The van der Waals surface area contributed by atoms with Crippen molar-refractivity contribution in [3.8, 4) is 0 Å². The third-order valence-corrected chi connectivity index (χ3v) is 3.46. The van der Waals surface area contributed by atoms with Crippen LogP contribution in [0, 0.1) is 11.6 Å². The van der Waals surface area contributed by atoms with Crippen LogP contribution in [0.3, 0.4) is 0 Å². The lowest BCUT2D eigenvalue weighted by molar-refractivity contribution is 0.101. The number of nitrogens with zero attached hydrogens (tertiary/aromatic N) is 1. The fraction of sp³-hybridized carbons (Fsp3) is 0.0769. The van der Waals surface area contributed by atoms with Gasteiger partial charge in [0.25, 0.3) is 0 Å². The van der Waals surface area contributed by atoms with E-state index >= 15 is 0 Å². The molecule has 0 bridgehead atoms. The molecule has 2 aromatic rings. The molecular formula is C13H8ClF2NOS. The number of thioether (sulfide) groups is 1. The Labute approximate surface area is 117 Å². The number of aromatic nitrogens is 1. The molecule has 0 radical (unpaired) electrons.